The highest BCUT2D eigenvalue weighted by atomic mass is 16.5. The van der Waals surface area contributed by atoms with Gasteiger partial charge in [-0.1, -0.05) is 19.1 Å². The SMILES string of the molecule is CCN[C@H](C)CNC(=O)c1cccc(COc2ccc(C)nc2)c1. The smallest absolute Gasteiger partial charge is 0.251 e. The number of ether oxygens (including phenoxy) is 1. The van der Waals surface area contributed by atoms with Crippen LogP contribution in [0.5, 0.6) is 5.75 Å². The Morgan fingerprint density at radius 2 is 2.12 bits per heavy atom. The van der Waals surface area contributed by atoms with E-state index in [1.807, 2.05) is 57.2 Å². The number of likely N-dealkylation sites (N-methyl/N-ethyl adjacent to an activating group) is 1. The standard InChI is InChI=1S/C19H25N3O2/c1-4-20-15(3)11-22-19(23)17-7-5-6-16(10-17)13-24-18-9-8-14(2)21-12-18/h5-10,12,15,20H,4,11,13H2,1-3H3,(H,22,23)/t15-/m1/s1. The third kappa shape index (κ3) is 5.66. The van der Waals surface area contributed by atoms with Crippen LogP contribution in [0.25, 0.3) is 0 Å². The van der Waals surface area contributed by atoms with E-state index in [0.717, 1.165) is 23.6 Å². The summed E-state index contributed by atoms with van der Waals surface area (Å²) in [4.78, 5) is 16.4. The van der Waals surface area contributed by atoms with Gasteiger partial charge in [0.1, 0.15) is 12.4 Å². The van der Waals surface area contributed by atoms with Crippen LogP contribution in [-0.4, -0.2) is 30.0 Å². The topological polar surface area (TPSA) is 63.2 Å². The second kappa shape index (κ2) is 9.03. The Balaban J connectivity index is 1.90. The molecule has 0 bridgehead atoms. The summed E-state index contributed by atoms with van der Waals surface area (Å²) in [5.41, 5.74) is 2.54. The van der Waals surface area contributed by atoms with Crippen LogP contribution in [0.15, 0.2) is 42.6 Å². The number of nitrogens with zero attached hydrogens (tertiary/aromatic N) is 1. The van der Waals surface area contributed by atoms with Crippen molar-refractivity contribution in [2.24, 2.45) is 0 Å². The highest BCUT2D eigenvalue weighted by Crippen LogP contribution is 2.12. The van der Waals surface area contributed by atoms with Gasteiger partial charge in [-0.05, 0) is 50.2 Å². The van der Waals surface area contributed by atoms with Crippen LogP contribution in [0.1, 0.15) is 35.5 Å². The molecule has 2 N–H and O–H groups in total. The first kappa shape index (κ1) is 17.9. The van der Waals surface area contributed by atoms with E-state index in [4.69, 9.17) is 4.74 Å². The summed E-state index contributed by atoms with van der Waals surface area (Å²) >= 11 is 0. The molecule has 0 spiro atoms. The fraction of sp³-hybridized carbons (Fsp3) is 0.368. The average molecular weight is 327 g/mol. The van der Waals surface area contributed by atoms with Crippen molar-refractivity contribution in [1.82, 2.24) is 15.6 Å². The van der Waals surface area contributed by atoms with Gasteiger partial charge in [-0.25, -0.2) is 0 Å². The van der Waals surface area contributed by atoms with Crippen LogP contribution in [0, 0.1) is 6.92 Å². The minimum atomic E-state index is -0.0707. The summed E-state index contributed by atoms with van der Waals surface area (Å²) in [5, 5.41) is 6.20. The Hall–Kier alpha value is -2.40. The Labute approximate surface area is 143 Å². The number of carbonyl (C=O) groups is 1. The largest absolute Gasteiger partial charge is 0.487 e. The quantitative estimate of drug-likeness (QED) is 0.782. The normalized spacial score (nSPS) is 11.8. The lowest BCUT2D eigenvalue weighted by Crippen LogP contribution is -2.38. The molecule has 24 heavy (non-hydrogen) atoms. The van der Waals surface area contributed by atoms with Gasteiger partial charge in [0.15, 0.2) is 0 Å². The van der Waals surface area contributed by atoms with Crippen LogP contribution in [0.2, 0.25) is 0 Å². The first-order valence-electron chi connectivity index (χ1n) is 8.24. The molecule has 128 valence electrons. The van der Waals surface area contributed by atoms with Gasteiger partial charge in [-0.3, -0.25) is 9.78 Å². The number of amides is 1. The molecule has 1 aromatic carbocycles. The van der Waals surface area contributed by atoms with E-state index in [1.165, 1.54) is 0 Å². The highest BCUT2D eigenvalue weighted by Gasteiger charge is 2.08. The lowest BCUT2D eigenvalue weighted by molar-refractivity contribution is 0.0950. The summed E-state index contributed by atoms with van der Waals surface area (Å²) in [7, 11) is 0. The average Bonchev–Trinajstić information content (AvgIpc) is 2.60. The molecule has 1 atom stereocenters. The molecule has 5 heteroatoms. The lowest BCUT2D eigenvalue weighted by atomic mass is 10.1. The predicted molar refractivity (Wildman–Crippen MR) is 95.2 cm³/mol. The second-order valence-corrected chi connectivity index (χ2v) is 5.79. The summed E-state index contributed by atoms with van der Waals surface area (Å²) in [6, 6.07) is 11.5. The summed E-state index contributed by atoms with van der Waals surface area (Å²) in [6.45, 7) is 7.91. The molecule has 0 aliphatic carbocycles. The number of pyridine rings is 1. The molecule has 2 aromatic rings. The summed E-state index contributed by atoms with van der Waals surface area (Å²) in [5.74, 6) is 0.647. The van der Waals surface area contributed by atoms with Crippen LogP contribution < -0.4 is 15.4 Å². The Morgan fingerprint density at radius 3 is 2.83 bits per heavy atom. The van der Waals surface area contributed by atoms with Gasteiger partial charge in [0.05, 0.1) is 6.20 Å². The van der Waals surface area contributed by atoms with Crippen molar-refractivity contribution in [3.8, 4) is 5.75 Å². The molecule has 0 aliphatic rings. The summed E-state index contributed by atoms with van der Waals surface area (Å²) in [6.07, 6.45) is 1.70. The molecule has 5 nitrogen and oxygen atoms in total. The maximum atomic E-state index is 12.2. The van der Waals surface area contributed by atoms with Crippen molar-refractivity contribution in [2.75, 3.05) is 13.1 Å². The minimum absolute atomic E-state index is 0.0707. The zero-order valence-corrected chi connectivity index (χ0v) is 14.5. The number of aryl methyl sites for hydroxylation is 1. The Bertz CT molecular complexity index is 656. The second-order valence-electron chi connectivity index (χ2n) is 5.79. The zero-order valence-electron chi connectivity index (χ0n) is 14.5. The van der Waals surface area contributed by atoms with Crippen LogP contribution in [0.4, 0.5) is 0 Å². The van der Waals surface area contributed by atoms with Crippen LogP contribution in [0.3, 0.4) is 0 Å². The fourth-order valence-electron chi connectivity index (χ4n) is 2.28. The maximum Gasteiger partial charge on any atom is 0.251 e. The van der Waals surface area contributed by atoms with E-state index < -0.39 is 0 Å². The van der Waals surface area contributed by atoms with Crippen LogP contribution >= 0.6 is 0 Å². The molecule has 1 amide bonds. The number of aromatic nitrogens is 1. The van der Waals surface area contributed by atoms with Gasteiger partial charge >= 0.3 is 0 Å². The third-order valence-corrected chi connectivity index (χ3v) is 3.60. The zero-order chi connectivity index (χ0) is 17.4. The lowest BCUT2D eigenvalue weighted by Gasteiger charge is -2.13. The Morgan fingerprint density at radius 1 is 1.29 bits per heavy atom. The number of hydrogen-bond donors (Lipinski definition) is 2. The van der Waals surface area contributed by atoms with Crippen LogP contribution in [-0.2, 0) is 6.61 Å². The fourth-order valence-corrected chi connectivity index (χ4v) is 2.28. The van der Waals surface area contributed by atoms with Crippen molar-refractivity contribution in [3.63, 3.8) is 0 Å². The van der Waals surface area contributed by atoms with Gasteiger partial charge < -0.3 is 15.4 Å². The number of hydrogen-bond acceptors (Lipinski definition) is 4. The molecule has 0 saturated carbocycles. The predicted octanol–water partition coefficient (Wildman–Crippen LogP) is 2.70. The molecule has 2 rings (SSSR count). The molecule has 1 heterocycles. The first-order chi connectivity index (χ1) is 11.6. The molecular weight excluding hydrogens is 302 g/mol. The van der Waals surface area contributed by atoms with Crippen molar-refractivity contribution in [2.45, 2.75) is 33.4 Å². The monoisotopic (exact) mass is 327 g/mol. The van der Waals surface area contributed by atoms with E-state index in [1.54, 1.807) is 6.20 Å². The molecule has 0 radical (unpaired) electrons. The molecule has 1 aromatic heterocycles. The van der Waals surface area contributed by atoms with Gasteiger partial charge in [0.25, 0.3) is 5.91 Å². The number of benzene rings is 1. The number of carbonyl (C=O) groups excluding carboxylic acids is 1. The van der Waals surface area contributed by atoms with E-state index >= 15 is 0 Å². The number of rotatable bonds is 8. The third-order valence-electron chi connectivity index (χ3n) is 3.60. The van der Waals surface area contributed by atoms with Gasteiger partial charge in [0.2, 0.25) is 0 Å². The van der Waals surface area contributed by atoms with E-state index in [2.05, 4.69) is 15.6 Å². The van der Waals surface area contributed by atoms with E-state index in [9.17, 15) is 4.79 Å². The van der Waals surface area contributed by atoms with Crippen molar-refractivity contribution < 1.29 is 9.53 Å². The van der Waals surface area contributed by atoms with E-state index in [-0.39, 0.29) is 11.9 Å². The molecular formula is C19H25N3O2. The molecule has 0 fully saturated rings. The minimum Gasteiger partial charge on any atom is -0.487 e. The van der Waals surface area contributed by atoms with Gasteiger partial charge in [-0.15, -0.1) is 0 Å². The summed E-state index contributed by atoms with van der Waals surface area (Å²) < 4.78 is 5.71. The van der Waals surface area contributed by atoms with Crippen molar-refractivity contribution in [3.05, 3.63) is 59.4 Å². The van der Waals surface area contributed by atoms with Crippen molar-refractivity contribution >= 4 is 5.91 Å². The van der Waals surface area contributed by atoms with Gasteiger partial charge in [-0.2, -0.15) is 0 Å². The van der Waals surface area contributed by atoms with E-state index in [0.29, 0.717) is 18.7 Å². The molecule has 0 saturated heterocycles. The van der Waals surface area contributed by atoms with Gasteiger partial charge in [0, 0.05) is 23.8 Å². The first-order valence-corrected chi connectivity index (χ1v) is 8.24. The van der Waals surface area contributed by atoms with Crippen molar-refractivity contribution in [1.29, 1.82) is 0 Å². The Kier molecular flexibility index (Phi) is 6.75. The maximum absolute atomic E-state index is 12.2. The highest BCUT2D eigenvalue weighted by molar-refractivity contribution is 5.94. The number of nitrogens with one attached hydrogen (secondary N) is 2. The molecule has 0 unspecified atom stereocenters. The molecule has 0 aliphatic heterocycles.